The monoisotopic (exact) mass is 960 g/mol. The number of rotatable bonds is 27. The molecule has 0 aliphatic carbocycles. The van der Waals surface area contributed by atoms with Crippen molar-refractivity contribution in [2.24, 2.45) is 0 Å². The molecule has 0 rings (SSSR count). The molecule has 67 heavy (non-hydrogen) atoms. The quantitative estimate of drug-likeness (QED) is 0.0834. The van der Waals surface area contributed by atoms with Crippen LogP contribution in [0.15, 0.2) is 0 Å². The average molecular weight is 961 g/mol. The van der Waals surface area contributed by atoms with Crippen molar-refractivity contribution in [3.63, 3.8) is 0 Å². The third kappa shape index (κ3) is 49.9. The van der Waals surface area contributed by atoms with E-state index in [9.17, 15) is 19.2 Å². The van der Waals surface area contributed by atoms with Crippen LogP contribution in [-0.4, -0.2) is 207 Å². The molecule has 0 aromatic carbocycles. The second kappa shape index (κ2) is 43.6. The van der Waals surface area contributed by atoms with Gasteiger partial charge in [-0.1, -0.05) is 0 Å². The first kappa shape index (κ1) is 73.6. The maximum atomic E-state index is 11.6. The zero-order valence-electron chi connectivity index (χ0n) is 49.4. The third-order valence-corrected chi connectivity index (χ3v) is 11.7. The average Bonchev–Trinajstić information content (AvgIpc) is 3.20. The van der Waals surface area contributed by atoms with Gasteiger partial charge in [-0.2, -0.15) is 0 Å². The highest BCUT2D eigenvalue weighted by atomic mass is 16.5. The first-order valence-corrected chi connectivity index (χ1v) is 25.8. The van der Waals surface area contributed by atoms with Gasteiger partial charge in [0.25, 0.3) is 0 Å². The van der Waals surface area contributed by atoms with Gasteiger partial charge < -0.3 is 49.7 Å². The number of ether oxygens (including phenoxy) is 1. The van der Waals surface area contributed by atoms with Crippen LogP contribution in [-0.2, 0) is 23.9 Å². The molecule has 0 saturated carbocycles. The van der Waals surface area contributed by atoms with Crippen molar-refractivity contribution in [3.8, 4) is 0 Å². The molecule has 4 amide bonds. The van der Waals surface area contributed by atoms with Crippen LogP contribution >= 0.6 is 0 Å². The van der Waals surface area contributed by atoms with Gasteiger partial charge >= 0.3 is 0 Å². The Bertz CT molecular complexity index is 1200. The Labute approximate surface area is 417 Å². The summed E-state index contributed by atoms with van der Waals surface area (Å²) in [6, 6.07) is 3.85. The molecule has 14 nitrogen and oxygen atoms in total. The maximum absolute atomic E-state index is 11.6. The summed E-state index contributed by atoms with van der Waals surface area (Å²) in [5, 5.41) is 5.76. The van der Waals surface area contributed by atoms with Gasteiger partial charge in [0.05, 0.1) is 12.7 Å². The molecule has 0 heterocycles. The molecule has 0 unspecified atom stereocenters. The lowest BCUT2D eigenvalue weighted by molar-refractivity contribution is -0.132. The van der Waals surface area contributed by atoms with Gasteiger partial charge in [-0.05, 0) is 200 Å². The van der Waals surface area contributed by atoms with E-state index in [2.05, 4.69) is 139 Å². The summed E-state index contributed by atoms with van der Waals surface area (Å²) in [5.41, 5.74) is 0. The molecular formula is C53H117N9O5. The highest BCUT2D eigenvalue weighted by Gasteiger charge is 2.14. The molecule has 0 aromatic heterocycles. The molecule has 14 heteroatoms. The Kier molecular flexibility index (Phi) is 47.9. The number of amides is 4. The zero-order chi connectivity index (χ0) is 53.7. The van der Waals surface area contributed by atoms with Gasteiger partial charge in [0, 0.05) is 114 Å². The van der Waals surface area contributed by atoms with Crippen LogP contribution in [0.5, 0.6) is 0 Å². The van der Waals surface area contributed by atoms with Gasteiger partial charge in [-0.3, -0.25) is 19.2 Å². The van der Waals surface area contributed by atoms with Crippen LogP contribution in [0, 0.1) is 0 Å². The minimum Gasteiger partial charge on any atom is -0.377 e. The topological polar surface area (TPSA) is 124 Å². The highest BCUT2D eigenvalue weighted by molar-refractivity contribution is 5.77. The highest BCUT2D eigenvalue weighted by Crippen LogP contribution is 2.04. The van der Waals surface area contributed by atoms with Crippen LogP contribution in [0.4, 0.5) is 0 Å². The first-order valence-electron chi connectivity index (χ1n) is 25.8. The van der Waals surface area contributed by atoms with Crippen LogP contribution in [0.2, 0.25) is 0 Å². The summed E-state index contributed by atoms with van der Waals surface area (Å²) in [6.45, 7) is 47.3. The molecule has 2 N–H and O–H groups in total. The number of nitrogens with zero attached hydrogens (tertiary/aromatic N) is 7. The normalized spacial score (nSPS) is 11.6. The van der Waals surface area contributed by atoms with Crippen molar-refractivity contribution >= 4 is 23.6 Å². The summed E-state index contributed by atoms with van der Waals surface area (Å²) in [7, 11) is 14.1. The Morgan fingerprint density at radius 2 is 0.642 bits per heavy atom. The largest absolute Gasteiger partial charge is 0.377 e. The summed E-state index contributed by atoms with van der Waals surface area (Å²) >= 11 is 0. The minimum atomic E-state index is 0.141. The standard InChI is InChI=1S/C12H26N2O.2C11H24N2O.C10H22N2O.C9H21NO/c1-10(2)13(5)9-7-8-12(15)14(6)11(3)4;1-9(2)12(5)8-7-11(14)13(6)10(3)4;1-9(2)12-11(14)7-6-8-13(5)10(3)4;1-8(2)11-10(13)6-7-12(5)9(3)4;1-8(2)10(5)6-7-11-9(3)4/h10-11H,7-9H2,1-6H3;9-10H,7-8H2,1-6H3;9-10H,6-8H2,1-5H3,(H,12,14);8-9H,6-7H2,1-5H3,(H,11,13);8-9H,6-7H2,1-5H3. The maximum Gasteiger partial charge on any atom is 0.223 e. The number of likely N-dealkylation sites (N-methyl/N-ethyl adjacent to an activating group) is 1. The van der Waals surface area contributed by atoms with E-state index in [-0.39, 0.29) is 35.7 Å². The Hall–Kier alpha value is -2.36. The second-order valence-corrected chi connectivity index (χ2v) is 21.1. The van der Waals surface area contributed by atoms with E-state index in [1.807, 2.05) is 88.5 Å². The fraction of sp³-hybridized carbons (Fsp3) is 0.925. The van der Waals surface area contributed by atoms with Gasteiger partial charge in [-0.15, -0.1) is 0 Å². The SMILES string of the molecule is CC(C)N(C)CCC(=O)N(C)C(C)C.CC(C)N(C)CCCC(=O)N(C)C(C)C.CC(C)NC(=O)CCCN(C)C(C)C.CC(C)NC(=O)CCN(C)C(C)C.CC(C)OCCN(C)C(C)C. The molecule has 0 radical (unpaired) electrons. The predicted octanol–water partition coefficient (Wildman–Crippen LogP) is 8.18. The Balaban J connectivity index is -0.000000240. The molecule has 0 atom stereocenters. The molecule has 0 aliphatic rings. The molecule has 0 bridgehead atoms. The number of nitrogens with one attached hydrogen (secondary N) is 2. The van der Waals surface area contributed by atoms with Crippen LogP contribution in [0.1, 0.15) is 177 Å². The van der Waals surface area contributed by atoms with Crippen LogP contribution in [0.3, 0.4) is 0 Å². The molecule has 0 saturated heterocycles. The lowest BCUT2D eigenvalue weighted by Crippen LogP contribution is -2.36. The molecular weight excluding hydrogens is 843 g/mol. The van der Waals surface area contributed by atoms with E-state index >= 15 is 0 Å². The van der Waals surface area contributed by atoms with Crippen molar-refractivity contribution in [2.75, 3.05) is 88.7 Å². The van der Waals surface area contributed by atoms with Gasteiger partial charge in [-0.25, -0.2) is 0 Å². The van der Waals surface area contributed by atoms with Crippen molar-refractivity contribution < 1.29 is 23.9 Å². The molecule has 0 aliphatic heterocycles. The number of hydrogen-bond donors (Lipinski definition) is 2. The van der Waals surface area contributed by atoms with E-state index in [1.165, 1.54) is 0 Å². The second-order valence-electron chi connectivity index (χ2n) is 21.1. The van der Waals surface area contributed by atoms with E-state index in [1.54, 1.807) is 4.90 Å². The van der Waals surface area contributed by atoms with Crippen molar-refractivity contribution in [2.45, 2.75) is 237 Å². The summed E-state index contributed by atoms with van der Waals surface area (Å²) in [6.07, 6.45) is 4.74. The molecule has 404 valence electrons. The van der Waals surface area contributed by atoms with E-state index in [0.717, 1.165) is 52.2 Å². The Morgan fingerprint density at radius 1 is 0.358 bits per heavy atom. The molecule has 0 fully saturated rings. The summed E-state index contributed by atoms with van der Waals surface area (Å²) in [5.74, 6) is 0.786. The Morgan fingerprint density at radius 3 is 0.955 bits per heavy atom. The van der Waals surface area contributed by atoms with Crippen molar-refractivity contribution in [1.82, 2.24) is 44.9 Å². The lowest BCUT2D eigenvalue weighted by Gasteiger charge is -2.24. The van der Waals surface area contributed by atoms with Crippen LogP contribution in [0.25, 0.3) is 0 Å². The summed E-state index contributed by atoms with van der Waals surface area (Å²) < 4.78 is 5.42. The molecule has 0 spiro atoms. The fourth-order valence-electron chi connectivity index (χ4n) is 4.96. The number of carbonyl (C=O) groups excluding carboxylic acids is 4. The number of carbonyl (C=O) groups is 4. The van der Waals surface area contributed by atoms with E-state index in [4.69, 9.17) is 4.74 Å². The first-order chi connectivity index (χ1) is 30.6. The summed E-state index contributed by atoms with van der Waals surface area (Å²) in [4.78, 5) is 60.5. The predicted molar refractivity (Wildman–Crippen MR) is 290 cm³/mol. The van der Waals surface area contributed by atoms with Crippen LogP contribution < -0.4 is 10.6 Å². The van der Waals surface area contributed by atoms with Gasteiger partial charge in [0.2, 0.25) is 23.6 Å². The smallest absolute Gasteiger partial charge is 0.223 e. The van der Waals surface area contributed by atoms with Crippen molar-refractivity contribution in [1.29, 1.82) is 0 Å². The lowest BCUT2D eigenvalue weighted by atomic mass is 10.2. The number of hydrogen-bond acceptors (Lipinski definition) is 10. The van der Waals surface area contributed by atoms with E-state index in [0.29, 0.717) is 74.1 Å². The van der Waals surface area contributed by atoms with Gasteiger partial charge in [0.15, 0.2) is 0 Å². The zero-order valence-corrected chi connectivity index (χ0v) is 49.4. The molecule has 0 aromatic rings. The fourth-order valence-corrected chi connectivity index (χ4v) is 4.96. The van der Waals surface area contributed by atoms with Gasteiger partial charge in [0.1, 0.15) is 0 Å². The third-order valence-electron chi connectivity index (χ3n) is 11.7. The van der Waals surface area contributed by atoms with Crippen molar-refractivity contribution in [3.05, 3.63) is 0 Å². The minimum absolute atomic E-state index is 0.141. The van der Waals surface area contributed by atoms with E-state index < -0.39 is 0 Å².